The molecule has 0 aromatic heterocycles. The smallest absolute Gasteiger partial charge is 0.409 e. The van der Waals surface area contributed by atoms with Gasteiger partial charge in [-0.2, -0.15) is 0 Å². The molecule has 6 heterocycles. The van der Waals surface area contributed by atoms with E-state index in [1.807, 2.05) is 9.80 Å². The van der Waals surface area contributed by atoms with Crippen LogP contribution in [0.25, 0.3) is 0 Å². The van der Waals surface area contributed by atoms with Crippen molar-refractivity contribution in [3.8, 4) is 0 Å². The molecule has 2 aromatic rings. The SMILES string of the molecule is CC1(N2CCC(N3C(=O)Cc4cc(F)ccc43)CC2)CCNC1.COC(=O)N1CCC(C)(N2CCC(N3C(=O)Cc4cc(F)ccc43)CC2)C1. The number of hydrogen-bond acceptors (Lipinski definition) is 7. The third-order valence-electron chi connectivity index (χ3n) is 12.2. The number of nitrogens with one attached hydrogen (secondary N) is 1. The molecule has 2 atom stereocenters. The second kappa shape index (κ2) is 13.8. The predicted molar refractivity (Wildman–Crippen MR) is 187 cm³/mol. The van der Waals surface area contributed by atoms with Crippen molar-refractivity contribution >= 4 is 29.3 Å². The first-order valence-corrected chi connectivity index (χ1v) is 18.2. The van der Waals surface area contributed by atoms with Gasteiger partial charge in [0.1, 0.15) is 11.6 Å². The van der Waals surface area contributed by atoms with Crippen LogP contribution in [-0.2, 0) is 27.2 Å². The number of carbonyl (C=O) groups is 3. The molecule has 0 bridgehead atoms. The van der Waals surface area contributed by atoms with Gasteiger partial charge in [0.15, 0.2) is 0 Å². The Morgan fingerprint density at radius 2 is 1.26 bits per heavy atom. The molecular formula is C38H50F2N6O4. The van der Waals surface area contributed by atoms with Crippen LogP contribution < -0.4 is 15.1 Å². The standard InChI is InChI=1S/C20H26FN3O3.C18H24FN3O/c1-20(7-10-22(13-20)19(26)27-2)23-8-5-16(6-9-23)24-17-4-3-15(21)11-14(17)12-18(24)25;1-18(6-7-20-12-18)21-8-4-15(5-9-21)22-16-3-2-14(19)10-13(16)11-17(22)23/h3-4,11,16H,5-10,12-13H2,1-2H3;2-3,10,15,20H,4-9,11-12H2,1H3. The highest BCUT2D eigenvalue weighted by molar-refractivity contribution is 6.02. The van der Waals surface area contributed by atoms with Crippen molar-refractivity contribution in [3.63, 3.8) is 0 Å². The van der Waals surface area contributed by atoms with Crippen molar-refractivity contribution < 1.29 is 27.9 Å². The molecule has 4 saturated heterocycles. The van der Waals surface area contributed by atoms with E-state index in [9.17, 15) is 23.2 Å². The number of benzene rings is 2. The number of anilines is 2. The van der Waals surface area contributed by atoms with Crippen molar-refractivity contribution in [2.24, 2.45) is 0 Å². The lowest BCUT2D eigenvalue weighted by atomic mass is 9.93. The monoisotopic (exact) mass is 692 g/mol. The van der Waals surface area contributed by atoms with Crippen LogP contribution in [0.4, 0.5) is 25.0 Å². The average molecular weight is 693 g/mol. The normalized spacial score (nSPS) is 27.8. The lowest BCUT2D eigenvalue weighted by Crippen LogP contribution is -2.55. The Hall–Kier alpha value is -3.61. The Balaban J connectivity index is 0.000000159. The molecule has 0 saturated carbocycles. The highest BCUT2D eigenvalue weighted by Crippen LogP contribution is 2.38. The minimum absolute atomic E-state index is 0.0464. The van der Waals surface area contributed by atoms with E-state index in [2.05, 4.69) is 29.0 Å². The number of rotatable bonds is 4. The molecule has 3 amide bonds. The van der Waals surface area contributed by atoms with Gasteiger partial charge in [-0.15, -0.1) is 0 Å². The molecule has 12 heteroatoms. The number of methoxy groups -OCH3 is 1. The molecule has 0 aliphatic carbocycles. The molecule has 10 nitrogen and oxygen atoms in total. The first-order valence-electron chi connectivity index (χ1n) is 18.2. The molecule has 8 rings (SSSR count). The molecule has 0 spiro atoms. The molecule has 1 N–H and O–H groups in total. The second-order valence-corrected chi connectivity index (χ2v) is 15.4. The van der Waals surface area contributed by atoms with E-state index < -0.39 is 0 Å². The summed E-state index contributed by atoms with van der Waals surface area (Å²) >= 11 is 0. The van der Waals surface area contributed by atoms with Gasteiger partial charge in [0.05, 0.1) is 20.0 Å². The van der Waals surface area contributed by atoms with Crippen molar-refractivity contribution in [1.29, 1.82) is 0 Å². The van der Waals surface area contributed by atoms with Gasteiger partial charge < -0.3 is 24.8 Å². The number of fused-ring (bicyclic) bond motifs is 2. The van der Waals surface area contributed by atoms with Gasteiger partial charge in [0.25, 0.3) is 0 Å². The largest absolute Gasteiger partial charge is 0.453 e. The van der Waals surface area contributed by atoms with Gasteiger partial charge in [-0.25, -0.2) is 13.6 Å². The van der Waals surface area contributed by atoms with Crippen LogP contribution in [0.5, 0.6) is 0 Å². The van der Waals surface area contributed by atoms with E-state index in [1.54, 1.807) is 17.0 Å². The van der Waals surface area contributed by atoms with Crippen LogP contribution in [0.1, 0.15) is 63.5 Å². The number of piperidine rings is 2. The Bertz CT molecular complexity index is 1620. The first kappa shape index (κ1) is 34.8. The Morgan fingerprint density at radius 1 is 0.760 bits per heavy atom. The zero-order valence-corrected chi connectivity index (χ0v) is 29.6. The fourth-order valence-electron chi connectivity index (χ4n) is 9.32. The lowest BCUT2D eigenvalue weighted by molar-refractivity contribution is -0.118. The summed E-state index contributed by atoms with van der Waals surface area (Å²) in [7, 11) is 1.42. The average Bonchev–Trinajstić information content (AvgIpc) is 3.89. The van der Waals surface area contributed by atoms with Gasteiger partial charge >= 0.3 is 6.09 Å². The van der Waals surface area contributed by atoms with E-state index >= 15 is 0 Å². The van der Waals surface area contributed by atoms with Gasteiger partial charge in [-0.05, 0) is 106 Å². The number of ether oxygens (including phenoxy) is 1. The molecule has 6 aliphatic heterocycles. The highest BCUT2D eigenvalue weighted by atomic mass is 19.1. The van der Waals surface area contributed by atoms with Crippen molar-refractivity contribution in [1.82, 2.24) is 20.0 Å². The van der Waals surface area contributed by atoms with Gasteiger partial charge in [0.2, 0.25) is 11.8 Å². The number of nitrogens with zero attached hydrogens (tertiary/aromatic N) is 5. The molecular weight excluding hydrogens is 642 g/mol. The van der Waals surface area contributed by atoms with Crippen LogP contribution in [0, 0.1) is 11.6 Å². The Kier molecular flexibility index (Phi) is 9.64. The topological polar surface area (TPSA) is 88.7 Å². The predicted octanol–water partition coefficient (Wildman–Crippen LogP) is 4.34. The third kappa shape index (κ3) is 6.62. The number of carbonyl (C=O) groups excluding carboxylic acids is 3. The summed E-state index contributed by atoms with van der Waals surface area (Å²) < 4.78 is 31.7. The molecule has 270 valence electrons. The maximum Gasteiger partial charge on any atom is 0.409 e. The maximum absolute atomic E-state index is 13.5. The van der Waals surface area contributed by atoms with E-state index in [1.165, 1.54) is 37.8 Å². The maximum atomic E-state index is 13.5. The Labute approximate surface area is 293 Å². The zero-order valence-electron chi connectivity index (χ0n) is 29.6. The van der Waals surface area contributed by atoms with Crippen molar-refractivity contribution in [2.75, 3.05) is 69.3 Å². The second-order valence-electron chi connectivity index (χ2n) is 15.4. The zero-order chi connectivity index (χ0) is 35.2. The van der Waals surface area contributed by atoms with Crippen LogP contribution in [0.15, 0.2) is 36.4 Å². The van der Waals surface area contributed by atoms with Crippen LogP contribution in [0.3, 0.4) is 0 Å². The number of likely N-dealkylation sites (tertiary alicyclic amines) is 3. The van der Waals surface area contributed by atoms with Gasteiger partial charge in [0, 0.05) is 80.3 Å². The summed E-state index contributed by atoms with van der Waals surface area (Å²) in [5.41, 5.74) is 3.63. The summed E-state index contributed by atoms with van der Waals surface area (Å²) in [6, 6.07) is 9.78. The number of halogens is 2. The summed E-state index contributed by atoms with van der Waals surface area (Å²) in [5, 5.41) is 3.46. The third-order valence-corrected chi connectivity index (χ3v) is 12.2. The molecule has 50 heavy (non-hydrogen) atoms. The fourth-order valence-corrected chi connectivity index (χ4v) is 9.32. The van der Waals surface area contributed by atoms with E-state index in [0.29, 0.717) is 25.9 Å². The summed E-state index contributed by atoms with van der Waals surface area (Å²) in [6.45, 7) is 11.9. The summed E-state index contributed by atoms with van der Waals surface area (Å²) in [4.78, 5) is 47.3. The van der Waals surface area contributed by atoms with Gasteiger partial charge in [-0.1, -0.05) is 0 Å². The first-order chi connectivity index (χ1) is 24.0. The summed E-state index contributed by atoms with van der Waals surface area (Å²) in [5.74, 6) is -0.354. The van der Waals surface area contributed by atoms with Crippen molar-refractivity contribution in [3.05, 3.63) is 59.2 Å². The van der Waals surface area contributed by atoms with Crippen LogP contribution in [-0.4, -0.2) is 115 Å². The molecule has 2 aromatic carbocycles. The molecule has 0 radical (unpaired) electrons. The minimum Gasteiger partial charge on any atom is -0.453 e. The Morgan fingerprint density at radius 3 is 1.72 bits per heavy atom. The van der Waals surface area contributed by atoms with Gasteiger partial charge in [-0.3, -0.25) is 19.4 Å². The van der Waals surface area contributed by atoms with E-state index in [4.69, 9.17) is 4.74 Å². The molecule has 2 unspecified atom stereocenters. The fraction of sp³-hybridized carbons (Fsp3) is 0.605. The number of hydrogen-bond donors (Lipinski definition) is 1. The van der Waals surface area contributed by atoms with Crippen LogP contribution in [0.2, 0.25) is 0 Å². The highest BCUT2D eigenvalue weighted by Gasteiger charge is 2.44. The molecule has 6 aliphatic rings. The quantitative estimate of drug-likeness (QED) is 0.511. The van der Waals surface area contributed by atoms with Crippen LogP contribution >= 0.6 is 0 Å². The number of amides is 3. The van der Waals surface area contributed by atoms with E-state index in [-0.39, 0.29) is 52.7 Å². The van der Waals surface area contributed by atoms with Crippen molar-refractivity contribution in [2.45, 2.75) is 88.4 Å². The summed E-state index contributed by atoms with van der Waals surface area (Å²) in [6.07, 6.45) is 6.26. The minimum atomic E-state index is -0.289. The van der Waals surface area contributed by atoms with E-state index in [0.717, 1.165) is 93.9 Å². The lowest BCUT2D eigenvalue weighted by Gasteiger charge is -2.44. The molecule has 4 fully saturated rings.